The number of carbonyl (C=O) groups excluding carboxylic acids is 2. The molecule has 0 spiro atoms. The molecule has 18 nitrogen and oxygen atoms in total. The lowest BCUT2D eigenvalue weighted by Gasteiger charge is -2.56. The molecule has 0 aromatic heterocycles. The van der Waals surface area contributed by atoms with Crippen molar-refractivity contribution in [3.8, 4) is 0 Å². The summed E-state index contributed by atoms with van der Waals surface area (Å²) in [6.07, 6.45) is -4.25. The van der Waals surface area contributed by atoms with Crippen LogP contribution in [0.25, 0.3) is 0 Å². The highest BCUT2D eigenvalue weighted by Crippen LogP contribution is 2.50. The zero-order chi connectivity index (χ0) is 53.0. The first kappa shape index (κ1) is 56.7. The number of carbonyl (C=O) groups is 2. The molecule has 2 aromatic carbocycles. The molecule has 2 amide bonds. The largest absolute Gasteiger partial charge is 0.443 e. The normalized spacial score (nSPS) is 33.6. The van der Waals surface area contributed by atoms with Crippen LogP contribution in [0.4, 0.5) is 9.59 Å². The van der Waals surface area contributed by atoms with E-state index in [0.717, 1.165) is 4.90 Å². The molecule has 8 rings (SSSR count). The molecule has 72 heavy (non-hydrogen) atoms. The molecule has 22 heteroatoms. The number of amidine groups is 2. The van der Waals surface area contributed by atoms with E-state index in [2.05, 4.69) is 12.1 Å². The van der Waals surface area contributed by atoms with Crippen molar-refractivity contribution in [2.75, 3.05) is 39.8 Å². The predicted octanol–water partition coefficient (Wildman–Crippen LogP) is 8.22. The summed E-state index contributed by atoms with van der Waals surface area (Å²) >= 11 is 4.36. The van der Waals surface area contributed by atoms with Gasteiger partial charge in [0, 0.05) is 39.0 Å². The van der Waals surface area contributed by atoms with Crippen molar-refractivity contribution in [3.05, 3.63) is 60.7 Å². The molecule has 400 valence electrons. The number of hydrogen-bond acceptors (Lipinski definition) is 19. The number of nitrogens with zero attached hydrogens (tertiary/aromatic N) is 4. The number of amides is 2. The first-order chi connectivity index (χ1) is 33.4. The Morgan fingerprint density at radius 2 is 1.04 bits per heavy atom. The van der Waals surface area contributed by atoms with Gasteiger partial charge in [-0.25, -0.2) is 18.0 Å². The monoisotopic (exact) mass is 1080 g/mol. The van der Waals surface area contributed by atoms with Gasteiger partial charge in [0.15, 0.2) is 31.7 Å². The van der Waals surface area contributed by atoms with Crippen molar-refractivity contribution in [1.82, 2.24) is 9.80 Å². The second kappa shape index (κ2) is 21.2. The molecule has 4 fully saturated rings. The van der Waals surface area contributed by atoms with Crippen LogP contribution in [0.1, 0.15) is 83.1 Å². The number of thioether (sulfide) groups is 3. The number of benzene rings is 2. The zero-order valence-electron chi connectivity index (χ0n) is 44.1. The Kier molecular flexibility index (Phi) is 16.7. The topological polar surface area (TPSA) is 192 Å². The number of hydrogen-bond donors (Lipinski definition) is 0. The lowest BCUT2D eigenvalue weighted by Crippen LogP contribution is -2.70. The molecular weight excluding hydrogens is 1010 g/mol. The SMILES string of the molecule is CO[C@@]1(C)O[C@@H]2[C@H]3N=C(N(C)C(=O)OC(C)(C)C)S[C@H]3O[C@H](CS(=O)(=O)c3ccccc3)[C@H]2OC1(C)C.CO[C@@]1(C)O[C@@H]2[C@H]3N=C(N(C)C(=O)OC(C)(C)C)S[C@H]3O[C@H](CSc3ccccc3)[C@H]2OC1(C)C. The van der Waals surface area contributed by atoms with Crippen LogP contribution < -0.4 is 0 Å². The van der Waals surface area contributed by atoms with E-state index in [-0.39, 0.29) is 34.3 Å². The van der Waals surface area contributed by atoms with E-state index in [1.54, 1.807) is 91.0 Å². The van der Waals surface area contributed by atoms with Crippen LogP contribution in [0, 0.1) is 0 Å². The molecule has 6 aliphatic heterocycles. The van der Waals surface area contributed by atoms with Gasteiger partial charge < -0.3 is 47.4 Å². The summed E-state index contributed by atoms with van der Waals surface area (Å²) in [5.74, 6) is -1.70. The number of ether oxygens (including phenoxy) is 10. The Morgan fingerprint density at radius 1 is 0.639 bits per heavy atom. The van der Waals surface area contributed by atoms with E-state index in [4.69, 9.17) is 57.4 Å². The van der Waals surface area contributed by atoms with E-state index < -0.39 is 91.9 Å². The minimum atomic E-state index is -3.70. The van der Waals surface area contributed by atoms with Gasteiger partial charge in [-0.2, -0.15) is 0 Å². The van der Waals surface area contributed by atoms with Crippen molar-refractivity contribution < 1.29 is 65.4 Å². The van der Waals surface area contributed by atoms with Gasteiger partial charge in [0.25, 0.3) is 0 Å². The quantitative estimate of drug-likeness (QED) is 0.230. The summed E-state index contributed by atoms with van der Waals surface area (Å²) in [5, 5.41) is 0.930. The highest BCUT2D eigenvalue weighted by atomic mass is 32.2. The molecule has 0 radical (unpaired) electrons. The van der Waals surface area contributed by atoms with E-state index in [9.17, 15) is 18.0 Å². The maximum absolute atomic E-state index is 13.3. The maximum atomic E-state index is 13.3. The lowest BCUT2D eigenvalue weighted by atomic mass is 9.90. The first-order valence-corrected chi connectivity index (χ1v) is 28.3. The van der Waals surface area contributed by atoms with Gasteiger partial charge in [-0.3, -0.25) is 19.8 Å². The zero-order valence-corrected chi connectivity index (χ0v) is 47.4. The van der Waals surface area contributed by atoms with Crippen LogP contribution in [0.15, 0.2) is 80.4 Å². The number of methoxy groups -OCH3 is 2. The first-order valence-electron chi connectivity index (χ1n) is 23.9. The van der Waals surface area contributed by atoms with Crippen molar-refractivity contribution in [2.45, 2.75) is 186 Å². The standard InChI is InChI=1S/C25H36N2O8S2.C25H36N2O6S2/c1-23(2,3)35-22(28)27(7)21-26-17-19-18(33-24(4,5)25(6,31-8)34-19)16(32-20(17)36-21)14-37(29,30)15-12-10-9-11-13-15;1-23(2,3)33-22(28)27(7)21-26-17-19-18(31-24(4,5)25(6,29-8)32-19)16(30-20(17)35-21)14-34-15-12-10-9-11-13-15/h9-13,16-20H,14H2,1-8H3;9-13,16-20H,14H2,1-8H3/t2*16-,17-,18-,19-,20-,25+/m11/s1. The number of sulfone groups is 1. The number of rotatable bonds is 8. The third-order valence-corrected chi connectivity index (χ3v) is 18.6. The minimum absolute atomic E-state index is 0.204. The maximum Gasteiger partial charge on any atom is 0.416 e. The summed E-state index contributed by atoms with van der Waals surface area (Å²) in [6.45, 7) is 22.1. The Bertz CT molecular complexity index is 2440. The van der Waals surface area contributed by atoms with Crippen molar-refractivity contribution in [1.29, 1.82) is 0 Å². The van der Waals surface area contributed by atoms with Gasteiger partial charge in [0.1, 0.15) is 75.9 Å². The molecular formula is C50H72N4O14S4. The molecule has 0 aliphatic carbocycles. The van der Waals surface area contributed by atoms with Crippen molar-refractivity contribution in [3.63, 3.8) is 0 Å². The van der Waals surface area contributed by atoms with Gasteiger partial charge in [0.05, 0.1) is 16.8 Å². The van der Waals surface area contributed by atoms with E-state index >= 15 is 0 Å². The van der Waals surface area contributed by atoms with Crippen molar-refractivity contribution in [2.24, 2.45) is 9.98 Å². The molecule has 12 atom stereocenters. The molecule has 0 bridgehead atoms. The van der Waals surface area contributed by atoms with Gasteiger partial charge in [-0.1, -0.05) is 59.9 Å². The molecule has 6 aliphatic rings. The van der Waals surface area contributed by atoms with Gasteiger partial charge >= 0.3 is 12.2 Å². The summed E-state index contributed by atoms with van der Waals surface area (Å²) in [5.41, 5.74) is -3.81. The van der Waals surface area contributed by atoms with E-state index in [1.807, 2.05) is 73.6 Å². The van der Waals surface area contributed by atoms with Crippen LogP contribution in [0.2, 0.25) is 0 Å². The van der Waals surface area contributed by atoms with E-state index in [0.29, 0.717) is 16.1 Å². The van der Waals surface area contributed by atoms with Gasteiger partial charge in [0.2, 0.25) is 0 Å². The third kappa shape index (κ3) is 12.1. The van der Waals surface area contributed by atoms with Crippen LogP contribution in [-0.2, 0) is 57.2 Å². The molecule has 2 aromatic rings. The number of aliphatic imine (C=N–C) groups is 2. The third-order valence-electron chi connectivity index (χ3n) is 13.3. The minimum Gasteiger partial charge on any atom is -0.443 e. The van der Waals surface area contributed by atoms with Crippen LogP contribution in [-0.4, -0.2) is 174 Å². The predicted molar refractivity (Wildman–Crippen MR) is 277 cm³/mol. The lowest BCUT2D eigenvalue weighted by molar-refractivity contribution is -0.402. The van der Waals surface area contributed by atoms with E-state index in [1.165, 1.54) is 40.4 Å². The second-order valence-electron chi connectivity index (χ2n) is 21.6. The van der Waals surface area contributed by atoms with Crippen LogP contribution in [0.3, 0.4) is 0 Å². The summed E-state index contributed by atoms with van der Waals surface area (Å²) in [7, 11) is 2.70. The fourth-order valence-corrected chi connectivity index (χ4v) is 13.5. The van der Waals surface area contributed by atoms with Crippen LogP contribution >= 0.6 is 35.3 Å². The second-order valence-corrected chi connectivity index (χ2v) is 26.8. The molecule has 6 heterocycles. The molecule has 4 saturated heterocycles. The molecule has 0 saturated carbocycles. The summed E-state index contributed by atoms with van der Waals surface area (Å²) < 4.78 is 88.2. The number of fused-ring (bicyclic) bond motifs is 6. The Hall–Kier alpha value is -3.00. The van der Waals surface area contributed by atoms with Gasteiger partial charge in [-0.05, 0) is 107 Å². The average Bonchev–Trinajstić information content (AvgIpc) is 3.93. The molecule has 0 unspecified atom stereocenters. The fourth-order valence-electron chi connectivity index (χ4n) is 8.67. The summed E-state index contributed by atoms with van der Waals surface area (Å²) in [4.78, 5) is 39.1. The molecule has 0 N–H and O–H groups in total. The highest BCUT2D eigenvalue weighted by molar-refractivity contribution is 8.14. The smallest absolute Gasteiger partial charge is 0.416 e. The Labute approximate surface area is 437 Å². The van der Waals surface area contributed by atoms with Gasteiger partial charge in [-0.15, -0.1) is 11.8 Å². The van der Waals surface area contributed by atoms with Crippen molar-refractivity contribution >= 4 is 67.6 Å². The highest BCUT2D eigenvalue weighted by Gasteiger charge is 2.63. The van der Waals surface area contributed by atoms with Crippen LogP contribution in [0.5, 0.6) is 0 Å². The Balaban J connectivity index is 0.000000212. The average molecular weight is 1080 g/mol. The summed E-state index contributed by atoms with van der Waals surface area (Å²) in [6, 6.07) is 17.5. The Morgan fingerprint density at radius 3 is 1.46 bits per heavy atom. The fraction of sp³-hybridized carbons (Fsp3) is 0.680.